The van der Waals surface area contributed by atoms with Gasteiger partial charge < -0.3 is 15.2 Å². The lowest BCUT2D eigenvalue weighted by molar-refractivity contribution is -0.122. The monoisotopic (exact) mass is 376 g/mol. The van der Waals surface area contributed by atoms with Crippen LogP contribution in [0.1, 0.15) is 34.6 Å². The molecule has 3 aromatic rings. The maximum atomic E-state index is 12.5. The molecular formula is C22H24N4O2. The first-order valence-electron chi connectivity index (χ1n) is 9.63. The lowest BCUT2D eigenvalue weighted by atomic mass is 10.1. The number of hydrogen-bond donors (Lipinski definition) is 2. The van der Waals surface area contributed by atoms with Gasteiger partial charge in [-0.25, -0.2) is 4.98 Å². The van der Waals surface area contributed by atoms with Crippen molar-refractivity contribution < 1.29 is 9.59 Å². The van der Waals surface area contributed by atoms with E-state index in [0.29, 0.717) is 24.2 Å². The van der Waals surface area contributed by atoms with Crippen molar-refractivity contribution in [2.45, 2.75) is 26.2 Å². The van der Waals surface area contributed by atoms with Crippen LogP contribution in [0.3, 0.4) is 0 Å². The molecule has 6 nitrogen and oxygen atoms in total. The van der Waals surface area contributed by atoms with Gasteiger partial charge in [-0.1, -0.05) is 18.2 Å². The first-order valence-corrected chi connectivity index (χ1v) is 9.63. The highest BCUT2D eigenvalue weighted by Gasteiger charge is 2.29. The van der Waals surface area contributed by atoms with Crippen LogP contribution in [0, 0.1) is 12.8 Å². The Morgan fingerprint density at radius 1 is 1.18 bits per heavy atom. The molecule has 1 aromatic heterocycles. The lowest BCUT2D eigenvalue weighted by Crippen LogP contribution is -2.27. The van der Waals surface area contributed by atoms with Crippen LogP contribution in [-0.4, -0.2) is 27.9 Å². The Kier molecular flexibility index (Phi) is 4.86. The van der Waals surface area contributed by atoms with E-state index in [1.54, 1.807) is 0 Å². The normalized spacial score (nSPS) is 13.5. The summed E-state index contributed by atoms with van der Waals surface area (Å²) in [5.41, 5.74) is 4.14. The number of imidazole rings is 1. The van der Waals surface area contributed by atoms with E-state index < -0.39 is 0 Å². The molecule has 2 amide bonds. The van der Waals surface area contributed by atoms with Crippen LogP contribution in [0.25, 0.3) is 11.0 Å². The molecule has 0 atom stereocenters. The maximum absolute atomic E-state index is 12.5. The summed E-state index contributed by atoms with van der Waals surface area (Å²) >= 11 is 0. The van der Waals surface area contributed by atoms with Gasteiger partial charge in [0, 0.05) is 37.2 Å². The quantitative estimate of drug-likeness (QED) is 0.694. The van der Waals surface area contributed by atoms with Crippen molar-refractivity contribution in [3.05, 3.63) is 59.4 Å². The first kappa shape index (κ1) is 18.2. The smallest absolute Gasteiger partial charge is 0.255 e. The molecule has 4 rings (SSSR count). The first-order chi connectivity index (χ1) is 13.5. The fraction of sp³-hybridized carbons (Fsp3) is 0.318. The molecule has 0 unspecified atom stereocenters. The third-order valence-electron chi connectivity index (χ3n) is 5.22. The highest BCUT2D eigenvalue weighted by molar-refractivity contribution is 6.05. The van der Waals surface area contributed by atoms with Gasteiger partial charge in [0.25, 0.3) is 5.91 Å². The van der Waals surface area contributed by atoms with Gasteiger partial charge in [0.05, 0.1) is 11.0 Å². The molecule has 1 aliphatic carbocycles. The number of carbonyl (C=O) groups excluding carboxylic acids is 2. The van der Waals surface area contributed by atoms with Gasteiger partial charge >= 0.3 is 0 Å². The topological polar surface area (TPSA) is 76.0 Å². The number of anilines is 1. The van der Waals surface area contributed by atoms with Gasteiger partial charge in [0.1, 0.15) is 5.82 Å². The summed E-state index contributed by atoms with van der Waals surface area (Å²) in [6.07, 6.45) is 2.69. The Hall–Kier alpha value is -3.15. The molecule has 2 N–H and O–H groups in total. The second-order valence-electron chi connectivity index (χ2n) is 7.37. The molecule has 0 bridgehead atoms. The zero-order chi connectivity index (χ0) is 19.7. The van der Waals surface area contributed by atoms with Crippen molar-refractivity contribution in [3.8, 4) is 0 Å². The molecule has 1 saturated carbocycles. The largest absolute Gasteiger partial charge is 0.355 e. The minimum absolute atomic E-state index is 0.128. The molecule has 6 heteroatoms. The Bertz CT molecular complexity index is 1050. The predicted molar refractivity (Wildman–Crippen MR) is 109 cm³/mol. The average Bonchev–Trinajstić information content (AvgIpc) is 3.48. The highest BCUT2D eigenvalue weighted by Crippen LogP contribution is 2.28. The van der Waals surface area contributed by atoms with E-state index in [2.05, 4.69) is 15.6 Å². The number of benzene rings is 2. The van der Waals surface area contributed by atoms with Crippen molar-refractivity contribution in [2.24, 2.45) is 13.0 Å². The van der Waals surface area contributed by atoms with Crippen molar-refractivity contribution in [3.63, 3.8) is 0 Å². The fourth-order valence-electron chi connectivity index (χ4n) is 3.36. The maximum Gasteiger partial charge on any atom is 0.255 e. The molecule has 1 fully saturated rings. The number of carbonyl (C=O) groups is 2. The lowest BCUT2D eigenvalue weighted by Gasteiger charge is -2.07. The van der Waals surface area contributed by atoms with Gasteiger partial charge in [0.2, 0.25) is 5.91 Å². The Morgan fingerprint density at radius 3 is 2.71 bits per heavy atom. The molecule has 1 aliphatic rings. The zero-order valence-corrected chi connectivity index (χ0v) is 16.2. The standard InChI is InChI=1S/C22H24N4O2/c1-14-5-3-4-6-17(14)22(28)24-16-9-10-19-18(13-16)25-20(26(19)2)11-12-23-21(27)15-7-8-15/h3-6,9-10,13,15H,7-8,11-12H2,1-2H3,(H,23,27)(H,24,28). The van der Waals surface area contributed by atoms with Gasteiger partial charge in [-0.05, 0) is 49.6 Å². The van der Waals surface area contributed by atoms with Gasteiger partial charge in [-0.15, -0.1) is 0 Å². The Morgan fingerprint density at radius 2 is 1.96 bits per heavy atom. The number of rotatable bonds is 6. The summed E-state index contributed by atoms with van der Waals surface area (Å²) in [7, 11) is 1.97. The molecular weight excluding hydrogens is 352 g/mol. The van der Waals surface area contributed by atoms with Gasteiger partial charge in [0.15, 0.2) is 0 Å². The summed E-state index contributed by atoms with van der Waals surface area (Å²) < 4.78 is 2.03. The third-order valence-corrected chi connectivity index (χ3v) is 5.22. The zero-order valence-electron chi connectivity index (χ0n) is 16.2. The highest BCUT2D eigenvalue weighted by atomic mass is 16.2. The van der Waals surface area contributed by atoms with E-state index in [1.807, 2.05) is 61.0 Å². The number of amides is 2. The van der Waals surface area contributed by atoms with E-state index in [4.69, 9.17) is 0 Å². The summed E-state index contributed by atoms with van der Waals surface area (Å²) in [5, 5.41) is 5.93. The fourth-order valence-corrected chi connectivity index (χ4v) is 3.36. The molecule has 0 aliphatic heterocycles. The second kappa shape index (κ2) is 7.46. The van der Waals surface area contributed by atoms with Crippen LogP contribution in [0.5, 0.6) is 0 Å². The predicted octanol–water partition coefficient (Wildman–Crippen LogP) is 3.20. The van der Waals surface area contributed by atoms with Crippen LogP contribution < -0.4 is 10.6 Å². The SMILES string of the molecule is Cc1ccccc1C(=O)Nc1ccc2c(c1)nc(CCNC(=O)C1CC1)n2C. The van der Waals surface area contributed by atoms with Crippen molar-refractivity contribution in [1.82, 2.24) is 14.9 Å². The van der Waals surface area contributed by atoms with E-state index in [9.17, 15) is 9.59 Å². The number of hydrogen-bond acceptors (Lipinski definition) is 3. The molecule has 2 aromatic carbocycles. The van der Waals surface area contributed by atoms with Crippen LogP contribution >= 0.6 is 0 Å². The van der Waals surface area contributed by atoms with Crippen molar-refractivity contribution in [1.29, 1.82) is 0 Å². The molecule has 0 radical (unpaired) electrons. The number of fused-ring (bicyclic) bond motifs is 1. The summed E-state index contributed by atoms with van der Waals surface area (Å²) in [4.78, 5) is 29.0. The summed E-state index contributed by atoms with van der Waals surface area (Å²) in [5.74, 6) is 1.16. The molecule has 0 spiro atoms. The number of aromatic nitrogens is 2. The minimum atomic E-state index is -0.128. The van der Waals surface area contributed by atoms with Crippen molar-refractivity contribution >= 4 is 28.5 Å². The molecule has 1 heterocycles. The van der Waals surface area contributed by atoms with Crippen LogP contribution in [-0.2, 0) is 18.3 Å². The Balaban J connectivity index is 1.47. The van der Waals surface area contributed by atoms with Crippen LogP contribution in [0.4, 0.5) is 5.69 Å². The van der Waals surface area contributed by atoms with E-state index in [0.717, 1.165) is 35.3 Å². The number of aryl methyl sites for hydroxylation is 2. The van der Waals surface area contributed by atoms with Gasteiger partial charge in [-0.3, -0.25) is 9.59 Å². The third kappa shape index (κ3) is 3.76. The van der Waals surface area contributed by atoms with Gasteiger partial charge in [-0.2, -0.15) is 0 Å². The number of nitrogens with zero attached hydrogens (tertiary/aromatic N) is 2. The second-order valence-corrected chi connectivity index (χ2v) is 7.37. The molecule has 0 saturated heterocycles. The van der Waals surface area contributed by atoms with Crippen LogP contribution in [0.15, 0.2) is 42.5 Å². The van der Waals surface area contributed by atoms with E-state index in [-0.39, 0.29) is 17.7 Å². The van der Waals surface area contributed by atoms with Crippen molar-refractivity contribution in [2.75, 3.05) is 11.9 Å². The molecule has 144 valence electrons. The van der Waals surface area contributed by atoms with Crippen LogP contribution in [0.2, 0.25) is 0 Å². The van der Waals surface area contributed by atoms with E-state index in [1.165, 1.54) is 0 Å². The summed E-state index contributed by atoms with van der Waals surface area (Å²) in [6.45, 7) is 2.51. The molecule has 28 heavy (non-hydrogen) atoms. The Labute approximate surface area is 164 Å². The summed E-state index contributed by atoms with van der Waals surface area (Å²) in [6, 6.07) is 13.3. The van der Waals surface area contributed by atoms with E-state index >= 15 is 0 Å². The number of nitrogens with one attached hydrogen (secondary N) is 2. The average molecular weight is 376 g/mol. The minimum Gasteiger partial charge on any atom is -0.355 e.